The van der Waals surface area contributed by atoms with Crippen LogP contribution in [0.2, 0.25) is 0 Å². The number of rotatable bonds is 5. The molecule has 1 fully saturated rings. The van der Waals surface area contributed by atoms with Crippen molar-refractivity contribution in [3.05, 3.63) is 81.6 Å². The second-order valence-electron chi connectivity index (χ2n) is 8.38. The van der Waals surface area contributed by atoms with E-state index in [0.29, 0.717) is 12.1 Å². The summed E-state index contributed by atoms with van der Waals surface area (Å²) in [5, 5.41) is 3.82. The summed E-state index contributed by atoms with van der Waals surface area (Å²) in [5.74, 6) is 0.592. The number of carbonyl (C=O) groups excluding carboxylic acids is 1. The van der Waals surface area contributed by atoms with E-state index in [4.69, 9.17) is 0 Å². The molecule has 0 unspecified atom stereocenters. The van der Waals surface area contributed by atoms with Crippen molar-refractivity contribution in [1.82, 2.24) is 14.8 Å². The first-order valence-corrected chi connectivity index (χ1v) is 10.7. The van der Waals surface area contributed by atoms with Gasteiger partial charge in [-0.1, -0.05) is 49.4 Å². The van der Waals surface area contributed by atoms with Gasteiger partial charge in [-0.3, -0.25) is 14.5 Å². The van der Waals surface area contributed by atoms with E-state index >= 15 is 0 Å². The van der Waals surface area contributed by atoms with Crippen molar-refractivity contribution < 1.29 is 4.79 Å². The number of carbonyl (C=O) groups is 1. The molecule has 4 rings (SSSR count). The number of aromatic nitrogens is 1. The monoisotopic (exact) mass is 403 g/mol. The minimum atomic E-state index is -0.217. The SMILES string of the molecule is CC1CCN(Cc2ccccc2CNC(=O)c2cc(=O)n(C)c3ccccc23)CC1. The fourth-order valence-electron chi connectivity index (χ4n) is 4.21. The molecular formula is C25H29N3O2. The summed E-state index contributed by atoms with van der Waals surface area (Å²) >= 11 is 0. The van der Waals surface area contributed by atoms with Gasteiger partial charge in [-0.05, 0) is 49.0 Å². The summed E-state index contributed by atoms with van der Waals surface area (Å²) in [6.45, 7) is 5.93. The van der Waals surface area contributed by atoms with Gasteiger partial charge in [-0.25, -0.2) is 0 Å². The number of pyridine rings is 1. The van der Waals surface area contributed by atoms with Crippen molar-refractivity contribution in [1.29, 1.82) is 0 Å². The topological polar surface area (TPSA) is 54.3 Å². The summed E-state index contributed by atoms with van der Waals surface area (Å²) in [5.41, 5.74) is 3.38. The Bertz CT molecular complexity index is 1110. The zero-order chi connectivity index (χ0) is 21.1. The molecule has 1 aliphatic rings. The van der Waals surface area contributed by atoms with E-state index < -0.39 is 0 Å². The average Bonchev–Trinajstić information content (AvgIpc) is 2.77. The number of aryl methyl sites for hydroxylation is 1. The second kappa shape index (κ2) is 8.84. The van der Waals surface area contributed by atoms with Crippen LogP contribution in [0.15, 0.2) is 59.4 Å². The van der Waals surface area contributed by atoms with Crippen molar-refractivity contribution in [2.75, 3.05) is 13.1 Å². The highest BCUT2D eigenvalue weighted by Gasteiger charge is 2.17. The van der Waals surface area contributed by atoms with Crippen LogP contribution in [0.4, 0.5) is 0 Å². The molecule has 2 aromatic carbocycles. The Labute approximate surface area is 177 Å². The van der Waals surface area contributed by atoms with Crippen LogP contribution in [-0.2, 0) is 20.1 Å². The Morgan fingerprint density at radius 1 is 1.03 bits per heavy atom. The van der Waals surface area contributed by atoms with Crippen LogP contribution in [0, 0.1) is 5.92 Å². The number of amides is 1. The molecule has 0 atom stereocenters. The maximum atomic E-state index is 13.0. The van der Waals surface area contributed by atoms with E-state index in [1.54, 1.807) is 11.6 Å². The van der Waals surface area contributed by atoms with Crippen molar-refractivity contribution in [3.8, 4) is 0 Å². The lowest BCUT2D eigenvalue weighted by Gasteiger charge is -2.30. The van der Waals surface area contributed by atoms with Gasteiger partial charge in [0.15, 0.2) is 0 Å². The molecule has 1 aromatic heterocycles. The Kier molecular flexibility index (Phi) is 6.00. The van der Waals surface area contributed by atoms with Gasteiger partial charge in [-0.15, -0.1) is 0 Å². The molecule has 5 nitrogen and oxygen atoms in total. The molecule has 0 radical (unpaired) electrons. The number of hydrogen-bond donors (Lipinski definition) is 1. The van der Waals surface area contributed by atoms with Gasteiger partial charge in [0.1, 0.15) is 0 Å². The minimum Gasteiger partial charge on any atom is -0.348 e. The van der Waals surface area contributed by atoms with Crippen LogP contribution >= 0.6 is 0 Å². The fourth-order valence-corrected chi connectivity index (χ4v) is 4.21. The van der Waals surface area contributed by atoms with E-state index in [1.165, 1.54) is 24.5 Å². The molecule has 1 amide bonds. The first-order chi connectivity index (χ1) is 14.5. The third-order valence-electron chi connectivity index (χ3n) is 6.23. The fraction of sp³-hybridized carbons (Fsp3) is 0.360. The minimum absolute atomic E-state index is 0.182. The van der Waals surface area contributed by atoms with Gasteiger partial charge in [0.05, 0.1) is 11.1 Å². The van der Waals surface area contributed by atoms with Gasteiger partial charge < -0.3 is 9.88 Å². The van der Waals surface area contributed by atoms with Crippen LogP contribution in [0.1, 0.15) is 41.3 Å². The number of nitrogens with one attached hydrogen (secondary N) is 1. The number of likely N-dealkylation sites (tertiary alicyclic amines) is 1. The van der Waals surface area contributed by atoms with E-state index in [9.17, 15) is 9.59 Å². The van der Waals surface area contributed by atoms with E-state index in [-0.39, 0.29) is 11.5 Å². The average molecular weight is 404 g/mol. The Hall–Kier alpha value is -2.92. The summed E-state index contributed by atoms with van der Waals surface area (Å²) in [6, 6.07) is 17.2. The smallest absolute Gasteiger partial charge is 0.252 e. The van der Waals surface area contributed by atoms with E-state index in [2.05, 4.69) is 35.3 Å². The Morgan fingerprint density at radius 2 is 1.70 bits per heavy atom. The number of fused-ring (bicyclic) bond motifs is 1. The van der Waals surface area contributed by atoms with Gasteiger partial charge >= 0.3 is 0 Å². The normalized spacial score (nSPS) is 15.4. The number of hydrogen-bond acceptors (Lipinski definition) is 3. The third-order valence-corrected chi connectivity index (χ3v) is 6.23. The number of nitrogens with zero attached hydrogens (tertiary/aromatic N) is 2. The number of piperidine rings is 1. The maximum absolute atomic E-state index is 13.0. The second-order valence-corrected chi connectivity index (χ2v) is 8.38. The maximum Gasteiger partial charge on any atom is 0.252 e. The standard InChI is InChI=1S/C25H29N3O2/c1-18-11-13-28(14-12-18)17-20-8-4-3-7-19(20)16-26-25(30)22-15-24(29)27(2)23-10-6-5-9-21(22)23/h3-10,15,18H,11-14,16-17H2,1-2H3,(H,26,30). The largest absolute Gasteiger partial charge is 0.348 e. The molecule has 1 N–H and O–H groups in total. The van der Waals surface area contributed by atoms with Crippen molar-refractivity contribution >= 4 is 16.8 Å². The van der Waals surface area contributed by atoms with Crippen molar-refractivity contribution in [2.45, 2.75) is 32.9 Å². The zero-order valence-electron chi connectivity index (χ0n) is 17.7. The lowest BCUT2D eigenvalue weighted by atomic mass is 9.98. The first-order valence-electron chi connectivity index (χ1n) is 10.7. The molecule has 3 aromatic rings. The molecule has 30 heavy (non-hydrogen) atoms. The Morgan fingerprint density at radius 3 is 2.47 bits per heavy atom. The number of benzene rings is 2. The lowest BCUT2D eigenvalue weighted by molar-refractivity contribution is 0.0952. The molecular weight excluding hydrogens is 374 g/mol. The van der Waals surface area contributed by atoms with Crippen LogP contribution in [0.3, 0.4) is 0 Å². The molecule has 0 aliphatic carbocycles. The van der Waals surface area contributed by atoms with Crippen LogP contribution in [0.5, 0.6) is 0 Å². The molecule has 156 valence electrons. The third kappa shape index (κ3) is 4.31. The highest BCUT2D eigenvalue weighted by molar-refractivity contribution is 6.06. The van der Waals surface area contributed by atoms with Gasteiger partial charge in [-0.2, -0.15) is 0 Å². The summed E-state index contributed by atoms with van der Waals surface area (Å²) in [7, 11) is 1.73. The molecule has 1 saturated heterocycles. The van der Waals surface area contributed by atoms with Crippen molar-refractivity contribution in [2.24, 2.45) is 13.0 Å². The molecule has 0 bridgehead atoms. The molecule has 5 heteroatoms. The summed E-state index contributed by atoms with van der Waals surface area (Å²) in [6.07, 6.45) is 2.49. The zero-order valence-corrected chi connectivity index (χ0v) is 17.7. The van der Waals surface area contributed by atoms with Gasteiger partial charge in [0.2, 0.25) is 0 Å². The molecule has 0 spiro atoms. The van der Waals surface area contributed by atoms with Crippen molar-refractivity contribution in [3.63, 3.8) is 0 Å². The van der Waals surface area contributed by atoms with Crippen LogP contribution < -0.4 is 10.9 Å². The highest BCUT2D eigenvalue weighted by atomic mass is 16.2. The summed E-state index contributed by atoms with van der Waals surface area (Å²) < 4.78 is 1.57. The van der Waals surface area contributed by atoms with Gasteiger partial charge in [0, 0.05) is 31.6 Å². The molecule has 1 aliphatic heterocycles. The highest BCUT2D eigenvalue weighted by Crippen LogP contribution is 2.20. The van der Waals surface area contributed by atoms with E-state index in [0.717, 1.165) is 42.0 Å². The summed E-state index contributed by atoms with van der Waals surface area (Å²) in [4.78, 5) is 27.8. The molecule has 2 heterocycles. The molecule has 0 saturated carbocycles. The van der Waals surface area contributed by atoms with Crippen LogP contribution in [-0.4, -0.2) is 28.5 Å². The van der Waals surface area contributed by atoms with Crippen LogP contribution in [0.25, 0.3) is 10.9 Å². The van der Waals surface area contributed by atoms with Gasteiger partial charge in [0.25, 0.3) is 11.5 Å². The first kappa shape index (κ1) is 20.4. The predicted octanol–water partition coefficient (Wildman–Crippen LogP) is 3.70. The predicted molar refractivity (Wildman–Crippen MR) is 120 cm³/mol. The number of para-hydroxylation sites is 1. The quantitative estimate of drug-likeness (QED) is 0.707. The van der Waals surface area contributed by atoms with E-state index in [1.807, 2.05) is 30.3 Å². The Balaban J connectivity index is 1.51. The lowest BCUT2D eigenvalue weighted by Crippen LogP contribution is -2.33.